The van der Waals surface area contributed by atoms with E-state index in [2.05, 4.69) is 24.1 Å². The van der Waals surface area contributed by atoms with Crippen molar-refractivity contribution in [3.05, 3.63) is 0 Å². The first-order chi connectivity index (χ1) is 7.22. The Morgan fingerprint density at radius 2 is 1.87 bits per heavy atom. The van der Waals surface area contributed by atoms with Gasteiger partial charge < -0.3 is 15.3 Å². The number of hydrogen-bond donors (Lipinski definition) is 2. The lowest BCUT2D eigenvalue weighted by atomic mass is 10.1. The van der Waals surface area contributed by atoms with Gasteiger partial charge in [0, 0.05) is 12.1 Å². The van der Waals surface area contributed by atoms with E-state index in [0.717, 1.165) is 13.0 Å². The third-order valence-electron chi connectivity index (χ3n) is 3.03. The van der Waals surface area contributed by atoms with Gasteiger partial charge in [0.1, 0.15) is 0 Å². The Labute approximate surface area is 93.9 Å². The molecule has 0 aliphatic carbocycles. The smallest absolute Gasteiger partial charge is 0.0585 e. The summed E-state index contributed by atoms with van der Waals surface area (Å²) < 4.78 is 0. The molecule has 1 unspecified atom stereocenters. The molecular formula is C12H26N2O. The molecule has 3 nitrogen and oxygen atoms in total. The van der Waals surface area contributed by atoms with Crippen LogP contribution in [-0.4, -0.2) is 48.3 Å². The highest BCUT2D eigenvalue weighted by Crippen LogP contribution is 2.09. The largest absolute Gasteiger partial charge is 0.395 e. The maximum Gasteiger partial charge on any atom is 0.0585 e. The van der Waals surface area contributed by atoms with Crippen molar-refractivity contribution in [3.8, 4) is 0 Å². The van der Waals surface area contributed by atoms with Crippen LogP contribution in [0.1, 0.15) is 39.5 Å². The molecule has 1 heterocycles. The third-order valence-corrected chi connectivity index (χ3v) is 3.03. The molecule has 2 N–H and O–H groups in total. The topological polar surface area (TPSA) is 35.5 Å². The van der Waals surface area contributed by atoms with E-state index in [0.29, 0.717) is 6.04 Å². The van der Waals surface area contributed by atoms with Crippen molar-refractivity contribution in [3.63, 3.8) is 0 Å². The van der Waals surface area contributed by atoms with Crippen molar-refractivity contribution in [1.82, 2.24) is 10.2 Å². The molecule has 1 saturated heterocycles. The van der Waals surface area contributed by atoms with Gasteiger partial charge in [-0.15, -0.1) is 0 Å². The van der Waals surface area contributed by atoms with Crippen LogP contribution < -0.4 is 5.32 Å². The second-order valence-electron chi connectivity index (χ2n) is 4.89. The standard InChI is InChI=1S/C12H26N2O/c1-11(2)13-12(10-15)6-9-14-7-4-3-5-8-14/h11-13,15H,3-10H2,1-2H3. The monoisotopic (exact) mass is 214 g/mol. The first kappa shape index (κ1) is 12.9. The highest BCUT2D eigenvalue weighted by molar-refractivity contribution is 4.72. The van der Waals surface area contributed by atoms with Gasteiger partial charge in [0.2, 0.25) is 0 Å². The number of rotatable bonds is 6. The van der Waals surface area contributed by atoms with Crippen LogP contribution in [0.3, 0.4) is 0 Å². The Morgan fingerprint density at radius 3 is 2.40 bits per heavy atom. The fourth-order valence-corrected chi connectivity index (χ4v) is 2.22. The van der Waals surface area contributed by atoms with E-state index >= 15 is 0 Å². The Balaban J connectivity index is 2.14. The van der Waals surface area contributed by atoms with Gasteiger partial charge >= 0.3 is 0 Å². The highest BCUT2D eigenvalue weighted by atomic mass is 16.3. The third kappa shape index (κ3) is 5.50. The van der Waals surface area contributed by atoms with Crippen molar-refractivity contribution >= 4 is 0 Å². The average molecular weight is 214 g/mol. The molecule has 0 aromatic rings. The summed E-state index contributed by atoms with van der Waals surface area (Å²) in [7, 11) is 0. The van der Waals surface area contributed by atoms with Crippen molar-refractivity contribution in [2.45, 2.75) is 51.6 Å². The zero-order valence-corrected chi connectivity index (χ0v) is 10.2. The molecule has 0 radical (unpaired) electrons. The molecule has 0 spiro atoms. The van der Waals surface area contributed by atoms with Gasteiger partial charge in [-0.05, 0) is 38.9 Å². The first-order valence-corrected chi connectivity index (χ1v) is 6.31. The second kappa shape index (κ2) is 7.20. The van der Waals surface area contributed by atoms with E-state index in [4.69, 9.17) is 0 Å². The minimum Gasteiger partial charge on any atom is -0.395 e. The van der Waals surface area contributed by atoms with Crippen molar-refractivity contribution in [2.24, 2.45) is 0 Å². The maximum absolute atomic E-state index is 9.22. The lowest BCUT2D eigenvalue weighted by molar-refractivity contribution is 0.184. The normalized spacial score (nSPS) is 20.8. The van der Waals surface area contributed by atoms with E-state index in [1.165, 1.54) is 32.4 Å². The highest BCUT2D eigenvalue weighted by Gasteiger charge is 2.13. The van der Waals surface area contributed by atoms with Crippen LogP contribution in [0.2, 0.25) is 0 Å². The minimum absolute atomic E-state index is 0.256. The van der Waals surface area contributed by atoms with Crippen LogP contribution in [0.15, 0.2) is 0 Å². The minimum atomic E-state index is 0.256. The molecule has 1 rings (SSSR count). The summed E-state index contributed by atoms with van der Waals surface area (Å²) in [6.07, 6.45) is 5.15. The predicted molar refractivity (Wildman–Crippen MR) is 64.1 cm³/mol. The van der Waals surface area contributed by atoms with Gasteiger partial charge in [0.15, 0.2) is 0 Å². The predicted octanol–water partition coefficient (Wildman–Crippen LogP) is 1.22. The number of aliphatic hydroxyl groups is 1. The van der Waals surface area contributed by atoms with Crippen LogP contribution in [-0.2, 0) is 0 Å². The summed E-state index contributed by atoms with van der Waals surface area (Å²) in [6, 6.07) is 0.732. The van der Waals surface area contributed by atoms with Crippen molar-refractivity contribution < 1.29 is 5.11 Å². The molecule has 3 heteroatoms. The Morgan fingerprint density at radius 1 is 1.20 bits per heavy atom. The molecule has 0 bridgehead atoms. The Hall–Kier alpha value is -0.120. The number of hydrogen-bond acceptors (Lipinski definition) is 3. The molecule has 0 amide bonds. The van der Waals surface area contributed by atoms with Gasteiger partial charge in [0.05, 0.1) is 6.61 Å². The molecule has 1 fully saturated rings. The summed E-state index contributed by atoms with van der Waals surface area (Å²) in [5.74, 6) is 0. The van der Waals surface area contributed by atoms with Crippen molar-refractivity contribution in [1.29, 1.82) is 0 Å². The molecular weight excluding hydrogens is 188 g/mol. The molecule has 1 aliphatic rings. The second-order valence-corrected chi connectivity index (χ2v) is 4.89. The van der Waals surface area contributed by atoms with E-state index in [9.17, 15) is 5.11 Å². The lowest BCUT2D eigenvalue weighted by Crippen LogP contribution is -2.41. The van der Waals surface area contributed by atoms with Gasteiger partial charge in [0.25, 0.3) is 0 Å². The first-order valence-electron chi connectivity index (χ1n) is 6.31. The maximum atomic E-state index is 9.22. The molecule has 0 saturated carbocycles. The molecule has 0 aromatic heterocycles. The molecule has 1 atom stereocenters. The Bertz CT molecular complexity index is 156. The van der Waals surface area contributed by atoms with Crippen LogP contribution in [0.4, 0.5) is 0 Å². The van der Waals surface area contributed by atoms with E-state index < -0.39 is 0 Å². The summed E-state index contributed by atoms with van der Waals surface area (Å²) in [5.41, 5.74) is 0. The van der Waals surface area contributed by atoms with Crippen LogP contribution in [0.5, 0.6) is 0 Å². The van der Waals surface area contributed by atoms with Gasteiger partial charge in [-0.1, -0.05) is 20.3 Å². The number of likely N-dealkylation sites (tertiary alicyclic amines) is 1. The number of nitrogens with one attached hydrogen (secondary N) is 1. The van der Waals surface area contributed by atoms with Gasteiger partial charge in [-0.3, -0.25) is 0 Å². The fourth-order valence-electron chi connectivity index (χ4n) is 2.22. The Kier molecular flexibility index (Phi) is 6.22. The van der Waals surface area contributed by atoms with Crippen LogP contribution >= 0.6 is 0 Å². The number of aliphatic hydroxyl groups excluding tert-OH is 1. The lowest BCUT2D eigenvalue weighted by Gasteiger charge is -2.28. The zero-order valence-electron chi connectivity index (χ0n) is 10.2. The summed E-state index contributed by atoms with van der Waals surface area (Å²) >= 11 is 0. The van der Waals surface area contributed by atoms with Crippen LogP contribution in [0.25, 0.3) is 0 Å². The van der Waals surface area contributed by atoms with Gasteiger partial charge in [-0.2, -0.15) is 0 Å². The average Bonchev–Trinajstić information content (AvgIpc) is 2.25. The van der Waals surface area contributed by atoms with Crippen molar-refractivity contribution in [2.75, 3.05) is 26.2 Å². The van der Waals surface area contributed by atoms with E-state index in [-0.39, 0.29) is 12.6 Å². The fraction of sp³-hybridized carbons (Fsp3) is 1.00. The summed E-state index contributed by atoms with van der Waals surface area (Å²) in [4.78, 5) is 2.52. The summed E-state index contributed by atoms with van der Waals surface area (Å²) in [6.45, 7) is 8.14. The summed E-state index contributed by atoms with van der Waals surface area (Å²) in [5, 5.41) is 12.6. The zero-order chi connectivity index (χ0) is 11.1. The molecule has 0 aromatic carbocycles. The van der Waals surface area contributed by atoms with E-state index in [1.807, 2.05) is 0 Å². The van der Waals surface area contributed by atoms with Gasteiger partial charge in [-0.25, -0.2) is 0 Å². The molecule has 1 aliphatic heterocycles. The van der Waals surface area contributed by atoms with E-state index in [1.54, 1.807) is 0 Å². The molecule has 90 valence electrons. The molecule has 15 heavy (non-hydrogen) atoms. The number of piperidine rings is 1. The SMILES string of the molecule is CC(C)NC(CO)CCN1CCCCC1. The van der Waals surface area contributed by atoms with Crippen LogP contribution in [0, 0.1) is 0 Å². The number of nitrogens with zero attached hydrogens (tertiary/aromatic N) is 1. The quantitative estimate of drug-likeness (QED) is 0.698.